The van der Waals surface area contributed by atoms with Crippen LogP contribution in [0.2, 0.25) is 0 Å². The molecule has 0 aromatic carbocycles. The van der Waals surface area contributed by atoms with Gasteiger partial charge in [-0.25, -0.2) is 4.79 Å². The molecule has 0 saturated carbocycles. The first-order valence-electron chi connectivity index (χ1n) is 4.57. The molecule has 2 amide bonds. The van der Waals surface area contributed by atoms with Gasteiger partial charge in [0.15, 0.2) is 0 Å². The molecule has 0 aliphatic carbocycles. The van der Waals surface area contributed by atoms with Crippen LogP contribution in [0.4, 0.5) is 4.79 Å². The van der Waals surface area contributed by atoms with Crippen LogP contribution >= 0.6 is 11.3 Å². The summed E-state index contributed by atoms with van der Waals surface area (Å²) in [5.74, 6) is 0. The van der Waals surface area contributed by atoms with Crippen molar-refractivity contribution in [1.29, 1.82) is 0 Å². The Kier molecular flexibility index (Phi) is 5.03. The van der Waals surface area contributed by atoms with Crippen molar-refractivity contribution in [3.8, 4) is 0 Å². The highest BCUT2D eigenvalue weighted by Crippen LogP contribution is 2.07. The van der Waals surface area contributed by atoms with Crippen molar-refractivity contribution in [1.82, 2.24) is 10.6 Å². The largest absolute Gasteiger partial charge is 0.338 e. The number of thiophene rings is 1. The van der Waals surface area contributed by atoms with E-state index in [1.165, 1.54) is 4.88 Å². The van der Waals surface area contributed by atoms with E-state index < -0.39 is 0 Å². The number of nitrogens with one attached hydrogen (secondary N) is 2. The zero-order chi connectivity index (χ0) is 10.2. The summed E-state index contributed by atoms with van der Waals surface area (Å²) in [5.41, 5.74) is 5.24. The second-order valence-corrected chi connectivity index (χ2v) is 3.83. The molecule has 4 N–H and O–H groups in total. The topological polar surface area (TPSA) is 67.1 Å². The maximum Gasteiger partial charge on any atom is 0.314 e. The molecule has 1 aromatic heterocycles. The Labute approximate surface area is 87.5 Å². The van der Waals surface area contributed by atoms with Crippen LogP contribution in [0.15, 0.2) is 17.5 Å². The molecule has 0 fully saturated rings. The molecule has 0 atom stereocenters. The van der Waals surface area contributed by atoms with Crippen molar-refractivity contribution >= 4 is 17.4 Å². The summed E-state index contributed by atoms with van der Waals surface area (Å²) in [7, 11) is 0. The molecule has 0 bridgehead atoms. The summed E-state index contributed by atoms with van der Waals surface area (Å²) < 4.78 is 0. The monoisotopic (exact) mass is 213 g/mol. The van der Waals surface area contributed by atoms with Gasteiger partial charge in [-0.1, -0.05) is 6.07 Å². The van der Waals surface area contributed by atoms with Gasteiger partial charge in [0.1, 0.15) is 0 Å². The Morgan fingerprint density at radius 2 is 2.21 bits per heavy atom. The van der Waals surface area contributed by atoms with E-state index in [2.05, 4.69) is 16.7 Å². The first-order chi connectivity index (χ1) is 6.83. The summed E-state index contributed by atoms with van der Waals surface area (Å²) in [6.45, 7) is 1.65. The molecule has 0 unspecified atom stereocenters. The Balaban J connectivity index is 2.06. The average Bonchev–Trinajstić information content (AvgIpc) is 2.67. The van der Waals surface area contributed by atoms with Crippen LogP contribution in [0.25, 0.3) is 0 Å². The maximum absolute atomic E-state index is 11.1. The summed E-state index contributed by atoms with van der Waals surface area (Å²) in [6, 6.07) is 3.92. The number of urea groups is 1. The van der Waals surface area contributed by atoms with Gasteiger partial charge in [-0.2, -0.15) is 0 Å². The molecule has 78 valence electrons. The Hall–Kier alpha value is -1.07. The third-order valence-corrected chi connectivity index (χ3v) is 2.60. The van der Waals surface area contributed by atoms with Crippen LogP contribution in [0.3, 0.4) is 0 Å². The minimum absolute atomic E-state index is 0.146. The third kappa shape index (κ3) is 4.25. The number of carbonyl (C=O) groups is 1. The third-order valence-electron chi connectivity index (χ3n) is 1.67. The molecule has 0 aliphatic rings. The van der Waals surface area contributed by atoms with Crippen LogP contribution in [0.5, 0.6) is 0 Å². The molecule has 0 saturated heterocycles. The number of carbonyl (C=O) groups excluding carboxylic acids is 1. The van der Waals surface area contributed by atoms with Gasteiger partial charge in [-0.3, -0.25) is 0 Å². The minimum Gasteiger partial charge on any atom is -0.338 e. The van der Waals surface area contributed by atoms with Gasteiger partial charge >= 0.3 is 6.03 Å². The maximum atomic E-state index is 11.1. The van der Waals surface area contributed by atoms with Crippen molar-refractivity contribution in [3.63, 3.8) is 0 Å². The lowest BCUT2D eigenvalue weighted by molar-refractivity contribution is 0.241. The Bertz CT molecular complexity index is 261. The second-order valence-electron chi connectivity index (χ2n) is 2.80. The number of hydrogen-bond acceptors (Lipinski definition) is 3. The lowest BCUT2D eigenvalue weighted by atomic mass is 10.3. The summed E-state index contributed by atoms with van der Waals surface area (Å²) in [4.78, 5) is 12.3. The fourth-order valence-corrected chi connectivity index (χ4v) is 1.71. The molecule has 0 radical (unpaired) electrons. The van der Waals surface area contributed by atoms with Gasteiger partial charge in [0.25, 0.3) is 0 Å². The van der Waals surface area contributed by atoms with E-state index in [9.17, 15) is 4.79 Å². The Morgan fingerprint density at radius 1 is 1.43 bits per heavy atom. The fourth-order valence-electron chi connectivity index (χ4n) is 1.00. The van der Waals surface area contributed by atoms with Gasteiger partial charge < -0.3 is 16.4 Å². The van der Waals surface area contributed by atoms with E-state index >= 15 is 0 Å². The number of rotatable bonds is 5. The summed E-state index contributed by atoms with van der Waals surface area (Å²) in [6.07, 6.45) is 0.883. The number of amides is 2. The van der Waals surface area contributed by atoms with Crippen molar-refractivity contribution in [2.24, 2.45) is 5.73 Å². The number of nitrogens with two attached hydrogens (primary N) is 1. The highest BCUT2D eigenvalue weighted by atomic mass is 32.1. The quantitative estimate of drug-likeness (QED) is 0.668. The number of hydrogen-bond donors (Lipinski definition) is 3. The van der Waals surface area contributed by atoms with Crippen molar-refractivity contribution < 1.29 is 4.79 Å². The molecule has 1 rings (SSSR count). The van der Waals surface area contributed by atoms with Crippen LogP contribution in [0.1, 0.15) is 4.88 Å². The molecule has 4 nitrogen and oxygen atoms in total. The average molecular weight is 213 g/mol. The second kappa shape index (κ2) is 6.39. The minimum atomic E-state index is -0.146. The molecule has 1 heterocycles. The highest BCUT2D eigenvalue weighted by molar-refractivity contribution is 7.09. The molecule has 14 heavy (non-hydrogen) atoms. The van der Waals surface area contributed by atoms with E-state index in [0.29, 0.717) is 19.6 Å². The molecular weight excluding hydrogens is 198 g/mol. The zero-order valence-electron chi connectivity index (χ0n) is 7.95. The standard InChI is InChI=1S/C9H15N3OS/c10-4-6-12-9(13)11-5-3-8-2-1-7-14-8/h1-2,7H,3-6,10H2,(H2,11,12,13). The zero-order valence-corrected chi connectivity index (χ0v) is 8.77. The van der Waals surface area contributed by atoms with Gasteiger partial charge in [0, 0.05) is 24.5 Å². The first kappa shape index (κ1) is 11.0. The molecular formula is C9H15N3OS. The predicted octanol–water partition coefficient (Wildman–Crippen LogP) is 0.548. The van der Waals surface area contributed by atoms with Crippen molar-refractivity contribution in [3.05, 3.63) is 22.4 Å². The molecule has 0 aliphatic heterocycles. The van der Waals surface area contributed by atoms with Crippen LogP contribution in [-0.4, -0.2) is 25.7 Å². The smallest absolute Gasteiger partial charge is 0.314 e. The van der Waals surface area contributed by atoms with Crippen LogP contribution in [0, 0.1) is 0 Å². The van der Waals surface area contributed by atoms with E-state index in [-0.39, 0.29) is 6.03 Å². The van der Waals surface area contributed by atoms with E-state index in [0.717, 1.165) is 6.42 Å². The molecule has 5 heteroatoms. The summed E-state index contributed by atoms with van der Waals surface area (Å²) in [5, 5.41) is 7.43. The van der Waals surface area contributed by atoms with Crippen molar-refractivity contribution in [2.75, 3.05) is 19.6 Å². The molecule has 0 spiro atoms. The van der Waals surface area contributed by atoms with Crippen molar-refractivity contribution in [2.45, 2.75) is 6.42 Å². The van der Waals surface area contributed by atoms with E-state index in [1.54, 1.807) is 11.3 Å². The SMILES string of the molecule is NCCNC(=O)NCCc1cccs1. The summed E-state index contributed by atoms with van der Waals surface area (Å²) >= 11 is 1.70. The van der Waals surface area contributed by atoms with Crippen LogP contribution < -0.4 is 16.4 Å². The molecule has 1 aromatic rings. The van der Waals surface area contributed by atoms with E-state index in [4.69, 9.17) is 5.73 Å². The lowest BCUT2D eigenvalue weighted by Crippen LogP contribution is -2.38. The van der Waals surface area contributed by atoms with Gasteiger partial charge in [-0.05, 0) is 17.9 Å². The van der Waals surface area contributed by atoms with E-state index in [1.807, 2.05) is 11.4 Å². The normalized spacial score (nSPS) is 9.79. The first-order valence-corrected chi connectivity index (χ1v) is 5.45. The van der Waals surface area contributed by atoms with Crippen LogP contribution in [-0.2, 0) is 6.42 Å². The predicted molar refractivity (Wildman–Crippen MR) is 58.5 cm³/mol. The van der Waals surface area contributed by atoms with Gasteiger partial charge in [-0.15, -0.1) is 11.3 Å². The van der Waals surface area contributed by atoms with Gasteiger partial charge in [0.2, 0.25) is 0 Å². The lowest BCUT2D eigenvalue weighted by Gasteiger charge is -2.05. The van der Waals surface area contributed by atoms with Gasteiger partial charge in [0.05, 0.1) is 0 Å². The fraction of sp³-hybridized carbons (Fsp3) is 0.444. The highest BCUT2D eigenvalue weighted by Gasteiger charge is 1.98. The Morgan fingerprint density at radius 3 is 2.86 bits per heavy atom.